The van der Waals surface area contributed by atoms with Crippen LogP contribution < -0.4 is 5.32 Å². The lowest BCUT2D eigenvalue weighted by atomic mass is 9.96. The van der Waals surface area contributed by atoms with E-state index in [-0.39, 0.29) is 56.0 Å². The van der Waals surface area contributed by atoms with Crippen LogP contribution in [0.1, 0.15) is 31.4 Å². The second kappa shape index (κ2) is 11.0. The van der Waals surface area contributed by atoms with Crippen molar-refractivity contribution in [2.45, 2.75) is 31.8 Å². The third-order valence-electron chi connectivity index (χ3n) is 7.41. The maximum absolute atomic E-state index is 12.8. The number of carbonyl (C=O) groups excluding carboxylic acids is 2. The van der Waals surface area contributed by atoms with Crippen LogP contribution >= 0.6 is 0 Å². The van der Waals surface area contributed by atoms with E-state index in [1.165, 1.54) is 25.5 Å². The molecule has 0 aliphatic carbocycles. The minimum Gasteiger partial charge on any atom is -0.345 e. The van der Waals surface area contributed by atoms with Gasteiger partial charge in [-0.15, -0.1) is 6.42 Å². The summed E-state index contributed by atoms with van der Waals surface area (Å²) in [6.07, 6.45) is 7.64. The standard InChI is InChI=1S/C27H34N4O4S/c1-4-14-28-27(33)22-17-30(18-22)26(32)19-31(36(3,34)35)23-12-15-29(16-13-23)20(2)24-11-7-9-21-8-5-6-10-25(21)24/h1,5-11,20,22-23H,12-19H2,2-3H3,(H,28,33). The summed E-state index contributed by atoms with van der Waals surface area (Å²) in [5.74, 6) is 1.61. The molecule has 1 unspecified atom stereocenters. The number of nitrogens with one attached hydrogen (secondary N) is 1. The molecule has 0 bridgehead atoms. The normalized spacial score (nSPS) is 18.6. The summed E-state index contributed by atoms with van der Waals surface area (Å²) < 4.78 is 26.6. The Balaban J connectivity index is 1.35. The Morgan fingerprint density at radius 2 is 1.81 bits per heavy atom. The molecule has 2 aliphatic rings. The fraction of sp³-hybridized carbons (Fsp3) is 0.481. The van der Waals surface area contributed by atoms with Crippen LogP contribution in [-0.2, 0) is 19.6 Å². The quantitative estimate of drug-likeness (QED) is 0.548. The molecule has 1 N–H and O–H groups in total. The van der Waals surface area contributed by atoms with Gasteiger partial charge < -0.3 is 10.2 Å². The highest BCUT2D eigenvalue weighted by molar-refractivity contribution is 7.88. The van der Waals surface area contributed by atoms with Crippen LogP contribution in [0, 0.1) is 18.3 Å². The van der Waals surface area contributed by atoms with E-state index in [1.54, 1.807) is 0 Å². The van der Waals surface area contributed by atoms with Crippen LogP contribution in [0.15, 0.2) is 42.5 Å². The Hall–Kier alpha value is -2.93. The van der Waals surface area contributed by atoms with Gasteiger partial charge in [0.25, 0.3) is 0 Å². The van der Waals surface area contributed by atoms with E-state index in [1.807, 2.05) is 6.07 Å². The zero-order valence-electron chi connectivity index (χ0n) is 20.9. The summed E-state index contributed by atoms with van der Waals surface area (Å²) >= 11 is 0. The topological polar surface area (TPSA) is 90.0 Å². The van der Waals surface area contributed by atoms with E-state index in [2.05, 4.69) is 59.5 Å². The number of rotatable bonds is 8. The number of hydrogen-bond donors (Lipinski definition) is 1. The second-order valence-corrected chi connectivity index (χ2v) is 11.7. The maximum atomic E-state index is 12.8. The first-order valence-corrected chi connectivity index (χ1v) is 14.2. The number of amides is 2. The molecule has 0 aromatic heterocycles. The molecule has 2 fully saturated rings. The smallest absolute Gasteiger partial charge is 0.237 e. The van der Waals surface area contributed by atoms with E-state index >= 15 is 0 Å². The lowest BCUT2D eigenvalue weighted by molar-refractivity contribution is -0.143. The van der Waals surface area contributed by atoms with E-state index in [4.69, 9.17) is 6.42 Å². The Bertz CT molecular complexity index is 1250. The van der Waals surface area contributed by atoms with Gasteiger partial charge in [-0.2, -0.15) is 4.31 Å². The van der Waals surface area contributed by atoms with E-state index < -0.39 is 10.0 Å². The van der Waals surface area contributed by atoms with Gasteiger partial charge in [-0.3, -0.25) is 14.5 Å². The summed E-state index contributed by atoms with van der Waals surface area (Å²) in [5, 5.41) is 5.06. The van der Waals surface area contributed by atoms with E-state index in [0.29, 0.717) is 12.8 Å². The fourth-order valence-corrected chi connectivity index (χ4v) is 6.35. The number of terminal acetylenes is 1. The molecule has 0 radical (unpaired) electrons. The summed E-state index contributed by atoms with van der Waals surface area (Å²) in [4.78, 5) is 28.7. The van der Waals surface area contributed by atoms with Gasteiger partial charge in [0.1, 0.15) is 0 Å². The van der Waals surface area contributed by atoms with Gasteiger partial charge in [0.15, 0.2) is 0 Å². The number of fused-ring (bicyclic) bond motifs is 1. The zero-order valence-corrected chi connectivity index (χ0v) is 21.7. The number of benzene rings is 2. The molecule has 0 saturated carbocycles. The summed E-state index contributed by atoms with van der Waals surface area (Å²) in [5.41, 5.74) is 1.26. The second-order valence-electron chi connectivity index (χ2n) is 9.74. The zero-order chi connectivity index (χ0) is 25.9. The third-order valence-corrected chi connectivity index (χ3v) is 8.69. The Kier molecular flexibility index (Phi) is 7.98. The van der Waals surface area contributed by atoms with Crippen LogP contribution in [0.3, 0.4) is 0 Å². The minimum atomic E-state index is -3.57. The highest BCUT2D eigenvalue weighted by Crippen LogP contribution is 2.31. The predicted molar refractivity (Wildman–Crippen MR) is 140 cm³/mol. The van der Waals surface area contributed by atoms with Crippen molar-refractivity contribution in [3.8, 4) is 12.3 Å². The van der Waals surface area contributed by atoms with E-state index in [9.17, 15) is 18.0 Å². The third kappa shape index (κ3) is 5.72. The molecule has 2 saturated heterocycles. The van der Waals surface area contributed by atoms with Crippen molar-refractivity contribution in [1.29, 1.82) is 0 Å². The van der Waals surface area contributed by atoms with Crippen LogP contribution in [-0.4, -0.2) is 85.9 Å². The molecule has 2 amide bonds. The van der Waals surface area contributed by atoms with E-state index in [0.717, 1.165) is 19.3 Å². The van der Waals surface area contributed by atoms with Gasteiger partial charge in [0, 0.05) is 38.3 Å². The lowest BCUT2D eigenvalue weighted by Gasteiger charge is -2.42. The monoisotopic (exact) mass is 510 g/mol. The average Bonchev–Trinajstić information content (AvgIpc) is 2.84. The van der Waals surface area contributed by atoms with Gasteiger partial charge in [-0.1, -0.05) is 48.4 Å². The van der Waals surface area contributed by atoms with Crippen molar-refractivity contribution in [2.24, 2.45) is 5.92 Å². The maximum Gasteiger partial charge on any atom is 0.237 e. The lowest BCUT2D eigenvalue weighted by Crippen LogP contribution is -2.59. The minimum absolute atomic E-state index is 0.156. The number of nitrogens with zero attached hydrogens (tertiary/aromatic N) is 3. The van der Waals surface area contributed by atoms with Crippen molar-refractivity contribution in [3.63, 3.8) is 0 Å². The molecule has 2 aromatic rings. The van der Waals surface area contributed by atoms with Crippen LogP contribution in [0.2, 0.25) is 0 Å². The molecule has 4 rings (SSSR count). The molecule has 9 heteroatoms. The first kappa shape index (κ1) is 26.1. The Labute approximate surface area is 213 Å². The van der Waals surface area contributed by atoms with Crippen molar-refractivity contribution < 1.29 is 18.0 Å². The Morgan fingerprint density at radius 1 is 1.14 bits per heavy atom. The van der Waals surface area contributed by atoms with Crippen molar-refractivity contribution in [1.82, 2.24) is 19.4 Å². The number of likely N-dealkylation sites (tertiary alicyclic amines) is 2. The molecule has 0 spiro atoms. The van der Waals surface area contributed by atoms with Crippen molar-refractivity contribution >= 4 is 32.6 Å². The number of sulfonamides is 1. The SMILES string of the molecule is C#CCNC(=O)C1CN(C(=O)CN(C2CCN(C(C)c3cccc4ccccc34)CC2)S(C)(=O)=O)C1. The van der Waals surface area contributed by atoms with Crippen LogP contribution in [0.5, 0.6) is 0 Å². The van der Waals surface area contributed by atoms with Gasteiger partial charge in [0.2, 0.25) is 21.8 Å². The molecule has 8 nitrogen and oxygen atoms in total. The molecule has 2 heterocycles. The summed E-state index contributed by atoms with van der Waals surface area (Å²) in [6, 6.07) is 14.7. The predicted octanol–water partition coefficient (Wildman–Crippen LogP) is 1.83. The molecular weight excluding hydrogens is 476 g/mol. The summed E-state index contributed by atoms with van der Waals surface area (Å²) in [7, 11) is -3.57. The largest absolute Gasteiger partial charge is 0.345 e. The van der Waals surface area contributed by atoms with Crippen molar-refractivity contribution in [3.05, 3.63) is 48.0 Å². The molecule has 2 aromatic carbocycles. The Morgan fingerprint density at radius 3 is 2.47 bits per heavy atom. The van der Waals surface area contributed by atoms with Gasteiger partial charge in [-0.25, -0.2) is 8.42 Å². The molecule has 192 valence electrons. The first-order valence-electron chi connectivity index (χ1n) is 12.4. The average molecular weight is 511 g/mol. The molecule has 1 atom stereocenters. The van der Waals surface area contributed by atoms with Gasteiger partial charge >= 0.3 is 0 Å². The molecular formula is C27H34N4O4S. The molecule has 36 heavy (non-hydrogen) atoms. The first-order chi connectivity index (χ1) is 17.2. The number of piperidine rings is 1. The van der Waals surface area contributed by atoms with Crippen LogP contribution in [0.4, 0.5) is 0 Å². The fourth-order valence-electron chi connectivity index (χ4n) is 5.25. The highest BCUT2D eigenvalue weighted by atomic mass is 32.2. The van der Waals surface area contributed by atoms with Crippen molar-refractivity contribution in [2.75, 3.05) is 45.5 Å². The van der Waals surface area contributed by atoms with Gasteiger partial charge in [-0.05, 0) is 36.1 Å². The van der Waals surface area contributed by atoms with Crippen LogP contribution in [0.25, 0.3) is 10.8 Å². The van der Waals surface area contributed by atoms with Gasteiger partial charge in [0.05, 0.1) is 25.3 Å². The number of carbonyl (C=O) groups is 2. The summed E-state index contributed by atoms with van der Waals surface area (Å²) in [6.45, 7) is 4.22. The highest BCUT2D eigenvalue weighted by Gasteiger charge is 2.39. The molecule has 2 aliphatic heterocycles. The number of hydrogen-bond acceptors (Lipinski definition) is 5.